The molecule has 0 aliphatic heterocycles. The van der Waals surface area contributed by atoms with Gasteiger partial charge in [-0.05, 0) is 25.5 Å². The Balaban J connectivity index is 2.51. The Labute approximate surface area is 104 Å². The van der Waals surface area contributed by atoms with Gasteiger partial charge in [0, 0.05) is 12.7 Å². The van der Waals surface area contributed by atoms with Crippen molar-refractivity contribution in [1.29, 1.82) is 0 Å². The van der Waals surface area contributed by atoms with Crippen LogP contribution in [0.25, 0.3) is 11.2 Å². The highest BCUT2D eigenvalue weighted by Gasteiger charge is 2.16. The summed E-state index contributed by atoms with van der Waals surface area (Å²) in [6.07, 6.45) is 4.07. The van der Waals surface area contributed by atoms with E-state index in [0.29, 0.717) is 4.83 Å². The first kappa shape index (κ1) is 11.6. The molecule has 0 aromatic carbocycles. The molecule has 0 spiro atoms. The number of nitrogens with zero attached hydrogens (tertiary/aromatic N) is 3. The Morgan fingerprint density at radius 1 is 1.44 bits per heavy atom. The van der Waals surface area contributed by atoms with Gasteiger partial charge in [0.15, 0.2) is 5.65 Å². The van der Waals surface area contributed by atoms with Crippen molar-refractivity contribution < 1.29 is 0 Å². The number of aryl methyl sites for hydroxylation is 1. The van der Waals surface area contributed by atoms with Gasteiger partial charge in [-0.25, -0.2) is 9.97 Å². The van der Waals surface area contributed by atoms with Crippen molar-refractivity contribution in [2.75, 3.05) is 0 Å². The van der Waals surface area contributed by atoms with Gasteiger partial charge in [0.25, 0.3) is 0 Å². The topological polar surface area (TPSA) is 30.7 Å². The van der Waals surface area contributed by atoms with E-state index in [9.17, 15) is 0 Å². The van der Waals surface area contributed by atoms with Gasteiger partial charge in [-0.15, -0.1) is 0 Å². The average Bonchev–Trinajstić information content (AvgIpc) is 2.67. The third-order valence-corrected chi connectivity index (χ3v) is 3.54. The van der Waals surface area contributed by atoms with Crippen molar-refractivity contribution in [3.05, 3.63) is 24.2 Å². The summed E-state index contributed by atoms with van der Waals surface area (Å²) < 4.78 is 2.18. The molecule has 86 valence electrons. The van der Waals surface area contributed by atoms with E-state index < -0.39 is 0 Å². The normalized spacial score (nSPS) is 13.2. The van der Waals surface area contributed by atoms with Crippen LogP contribution in [-0.2, 0) is 6.54 Å². The lowest BCUT2D eigenvalue weighted by Gasteiger charge is -2.10. The van der Waals surface area contributed by atoms with Crippen molar-refractivity contribution >= 4 is 27.1 Å². The molecule has 2 aromatic heterocycles. The largest absolute Gasteiger partial charge is 0.312 e. The lowest BCUT2D eigenvalue weighted by atomic mass is 10.2. The van der Waals surface area contributed by atoms with E-state index in [2.05, 4.69) is 44.3 Å². The van der Waals surface area contributed by atoms with Crippen LogP contribution in [0.2, 0.25) is 0 Å². The summed E-state index contributed by atoms with van der Waals surface area (Å²) in [4.78, 5) is 9.38. The zero-order valence-electron chi connectivity index (χ0n) is 9.65. The number of alkyl halides is 1. The average molecular weight is 282 g/mol. The monoisotopic (exact) mass is 281 g/mol. The van der Waals surface area contributed by atoms with Crippen LogP contribution in [0.15, 0.2) is 18.3 Å². The summed E-state index contributed by atoms with van der Waals surface area (Å²) in [6, 6.07) is 3.95. The Bertz CT molecular complexity index is 478. The van der Waals surface area contributed by atoms with Gasteiger partial charge in [-0.3, -0.25) is 0 Å². The smallest absolute Gasteiger partial charge is 0.160 e. The standard InChI is InChI=1S/C12H16BrN3/c1-3-6-9(13)11-15-10-7-5-8-14-12(10)16(11)4-2/h5,7-9H,3-4,6H2,1-2H3. The lowest BCUT2D eigenvalue weighted by Crippen LogP contribution is -2.04. The van der Waals surface area contributed by atoms with Crippen molar-refractivity contribution in [1.82, 2.24) is 14.5 Å². The maximum absolute atomic E-state index is 4.66. The molecule has 3 nitrogen and oxygen atoms in total. The lowest BCUT2D eigenvalue weighted by molar-refractivity contribution is 0.667. The van der Waals surface area contributed by atoms with Crippen molar-refractivity contribution in [3.8, 4) is 0 Å². The molecule has 0 aliphatic rings. The maximum Gasteiger partial charge on any atom is 0.160 e. The van der Waals surface area contributed by atoms with E-state index in [1.165, 1.54) is 0 Å². The van der Waals surface area contributed by atoms with Gasteiger partial charge in [0.05, 0.1) is 4.83 Å². The molecule has 2 rings (SSSR count). The van der Waals surface area contributed by atoms with Crippen LogP contribution in [0.4, 0.5) is 0 Å². The minimum Gasteiger partial charge on any atom is -0.312 e. The van der Waals surface area contributed by atoms with Crippen LogP contribution >= 0.6 is 15.9 Å². The maximum atomic E-state index is 4.66. The van der Waals surface area contributed by atoms with E-state index >= 15 is 0 Å². The third-order valence-electron chi connectivity index (χ3n) is 2.67. The first-order chi connectivity index (χ1) is 7.77. The molecule has 0 bridgehead atoms. The second kappa shape index (κ2) is 4.95. The predicted octanol–water partition coefficient (Wildman–Crippen LogP) is 3.69. The molecule has 1 unspecified atom stereocenters. The Morgan fingerprint density at radius 2 is 2.25 bits per heavy atom. The minimum atomic E-state index is 0.326. The molecule has 4 heteroatoms. The number of rotatable bonds is 4. The van der Waals surface area contributed by atoms with E-state index in [4.69, 9.17) is 0 Å². The second-order valence-electron chi connectivity index (χ2n) is 3.82. The summed E-state index contributed by atoms with van der Waals surface area (Å²) >= 11 is 3.70. The van der Waals surface area contributed by atoms with Crippen LogP contribution in [-0.4, -0.2) is 14.5 Å². The van der Waals surface area contributed by atoms with Gasteiger partial charge in [0.1, 0.15) is 11.3 Å². The van der Waals surface area contributed by atoms with E-state index in [1.807, 2.05) is 18.3 Å². The number of hydrogen-bond donors (Lipinski definition) is 0. The highest BCUT2D eigenvalue weighted by molar-refractivity contribution is 9.09. The van der Waals surface area contributed by atoms with Crippen molar-refractivity contribution in [2.45, 2.75) is 38.1 Å². The second-order valence-corrected chi connectivity index (χ2v) is 4.92. The molecule has 0 fully saturated rings. The molecule has 0 saturated heterocycles. The quantitative estimate of drug-likeness (QED) is 0.801. The molecule has 1 atom stereocenters. The third kappa shape index (κ3) is 1.98. The van der Waals surface area contributed by atoms with Gasteiger partial charge < -0.3 is 4.57 Å². The number of pyridine rings is 1. The summed E-state index contributed by atoms with van der Waals surface area (Å²) in [7, 11) is 0. The van der Waals surface area contributed by atoms with E-state index in [0.717, 1.165) is 36.4 Å². The molecule has 0 amide bonds. The number of aromatic nitrogens is 3. The number of hydrogen-bond acceptors (Lipinski definition) is 2. The molecule has 0 radical (unpaired) electrons. The number of halogens is 1. The fraction of sp³-hybridized carbons (Fsp3) is 0.500. The van der Waals surface area contributed by atoms with Gasteiger partial charge in [-0.1, -0.05) is 29.3 Å². The van der Waals surface area contributed by atoms with Crippen LogP contribution < -0.4 is 0 Å². The zero-order valence-corrected chi connectivity index (χ0v) is 11.2. The minimum absolute atomic E-state index is 0.326. The van der Waals surface area contributed by atoms with Gasteiger partial charge >= 0.3 is 0 Å². The summed E-state index contributed by atoms with van der Waals surface area (Å²) in [5, 5.41) is 0. The van der Waals surface area contributed by atoms with Crippen LogP contribution in [0, 0.1) is 0 Å². The summed E-state index contributed by atoms with van der Waals surface area (Å²) in [5.41, 5.74) is 1.97. The molecule has 0 aliphatic carbocycles. The van der Waals surface area contributed by atoms with Crippen molar-refractivity contribution in [3.63, 3.8) is 0 Å². The van der Waals surface area contributed by atoms with Crippen LogP contribution in [0.1, 0.15) is 37.3 Å². The van der Waals surface area contributed by atoms with E-state index in [1.54, 1.807) is 0 Å². The van der Waals surface area contributed by atoms with Crippen LogP contribution in [0.5, 0.6) is 0 Å². The number of fused-ring (bicyclic) bond motifs is 1. The Morgan fingerprint density at radius 3 is 2.94 bits per heavy atom. The molecule has 0 saturated carbocycles. The van der Waals surface area contributed by atoms with E-state index in [-0.39, 0.29) is 0 Å². The fourth-order valence-electron chi connectivity index (χ4n) is 1.91. The Kier molecular flexibility index (Phi) is 3.59. The molecule has 16 heavy (non-hydrogen) atoms. The van der Waals surface area contributed by atoms with Gasteiger partial charge in [-0.2, -0.15) is 0 Å². The summed E-state index contributed by atoms with van der Waals surface area (Å²) in [5.74, 6) is 1.10. The highest BCUT2D eigenvalue weighted by Crippen LogP contribution is 2.29. The zero-order chi connectivity index (χ0) is 11.5. The first-order valence-electron chi connectivity index (χ1n) is 5.73. The number of imidazole rings is 1. The molecule has 2 heterocycles. The van der Waals surface area contributed by atoms with Crippen molar-refractivity contribution in [2.24, 2.45) is 0 Å². The molecule has 2 aromatic rings. The molecular weight excluding hydrogens is 266 g/mol. The first-order valence-corrected chi connectivity index (χ1v) is 6.64. The van der Waals surface area contributed by atoms with Crippen LogP contribution in [0.3, 0.4) is 0 Å². The summed E-state index contributed by atoms with van der Waals surface area (Å²) in [6.45, 7) is 5.23. The molecule has 0 N–H and O–H groups in total. The SMILES string of the molecule is CCCC(Br)c1nc2cccnc2n1CC. The molecular formula is C12H16BrN3. The fourth-order valence-corrected chi connectivity index (χ4v) is 2.72. The Hall–Kier alpha value is -0.900. The highest BCUT2D eigenvalue weighted by atomic mass is 79.9. The van der Waals surface area contributed by atoms with Gasteiger partial charge in [0.2, 0.25) is 0 Å². The predicted molar refractivity (Wildman–Crippen MR) is 69.8 cm³/mol.